The molecule has 0 saturated carbocycles. The zero-order valence-corrected chi connectivity index (χ0v) is 8.38. The summed E-state index contributed by atoms with van der Waals surface area (Å²) in [4.78, 5) is 10.8. The molecule has 1 heterocycles. The number of piperidine rings is 1. The fourth-order valence-corrected chi connectivity index (χ4v) is 1.90. The standard InChI is InChI=1S/C10H20N2O/c1-2-3-4-8-5-6-9(10(11)13)12-7-8/h8-9,12H,2-7H2,1H3,(H2,11,13)/t8-,9-/m0/s1. The molecule has 3 N–H and O–H groups in total. The number of nitrogens with one attached hydrogen (secondary N) is 1. The van der Waals surface area contributed by atoms with Crippen molar-refractivity contribution in [1.82, 2.24) is 5.32 Å². The maximum atomic E-state index is 10.8. The van der Waals surface area contributed by atoms with Gasteiger partial charge in [0.15, 0.2) is 0 Å². The van der Waals surface area contributed by atoms with Gasteiger partial charge >= 0.3 is 0 Å². The van der Waals surface area contributed by atoms with Gasteiger partial charge in [0.05, 0.1) is 6.04 Å². The third-order valence-electron chi connectivity index (χ3n) is 2.83. The van der Waals surface area contributed by atoms with E-state index in [9.17, 15) is 4.79 Å². The van der Waals surface area contributed by atoms with E-state index in [0.29, 0.717) is 0 Å². The highest BCUT2D eigenvalue weighted by atomic mass is 16.1. The number of carbonyl (C=O) groups is 1. The normalized spacial score (nSPS) is 28.7. The van der Waals surface area contributed by atoms with E-state index in [1.807, 2.05) is 0 Å². The van der Waals surface area contributed by atoms with Crippen molar-refractivity contribution in [3.63, 3.8) is 0 Å². The number of hydrogen-bond donors (Lipinski definition) is 2. The molecule has 0 aromatic heterocycles. The minimum absolute atomic E-state index is 0.0714. The number of rotatable bonds is 4. The van der Waals surface area contributed by atoms with Gasteiger partial charge in [-0.2, -0.15) is 0 Å². The topological polar surface area (TPSA) is 55.1 Å². The second-order valence-electron chi connectivity index (χ2n) is 3.95. The molecule has 1 aliphatic heterocycles. The van der Waals surface area contributed by atoms with Gasteiger partial charge in [0.2, 0.25) is 5.91 Å². The van der Waals surface area contributed by atoms with E-state index in [1.54, 1.807) is 0 Å². The van der Waals surface area contributed by atoms with Crippen molar-refractivity contribution in [3.05, 3.63) is 0 Å². The van der Waals surface area contributed by atoms with Crippen LogP contribution in [0.15, 0.2) is 0 Å². The van der Waals surface area contributed by atoms with Crippen molar-refractivity contribution >= 4 is 5.91 Å². The molecule has 3 heteroatoms. The van der Waals surface area contributed by atoms with Crippen molar-refractivity contribution in [2.24, 2.45) is 11.7 Å². The molecule has 1 rings (SSSR count). The lowest BCUT2D eigenvalue weighted by Gasteiger charge is -2.27. The molecular formula is C10H20N2O. The van der Waals surface area contributed by atoms with Crippen LogP contribution < -0.4 is 11.1 Å². The van der Waals surface area contributed by atoms with E-state index in [-0.39, 0.29) is 11.9 Å². The second kappa shape index (κ2) is 5.22. The first-order valence-electron chi connectivity index (χ1n) is 5.26. The Labute approximate surface area is 80.1 Å². The highest BCUT2D eigenvalue weighted by Crippen LogP contribution is 2.19. The van der Waals surface area contributed by atoms with Crippen LogP contribution in [0.5, 0.6) is 0 Å². The molecule has 0 bridgehead atoms. The van der Waals surface area contributed by atoms with Gasteiger partial charge in [-0.3, -0.25) is 4.79 Å². The summed E-state index contributed by atoms with van der Waals surface area (Å²) in [7, 11) is 0. The number of hydrogen-bond acceptors (Lipinski definition) is 2. The molecule has 76 valence electrons. The van der Waals surface area contributed by atoms with Gasteiger partial charge in [0, 0.05) is 0 Å². The molecular weight excluding hydrogens is 164 g/mol. The average Bonchev–Trinajstić information content (AvgIpc) is 2.15. The van der Waals surface area contributed by atoms with Crippen LogP contribution in [0, 0.1) is 5.92 Å². The van der Waals surface area contributed by atoms with Gasteiger partial charge in [-0.25, -0.2) is 0 Å². The summed E-state index contributed by atoms with van der Waals surface area (Å²) < 4.78 is 0. The lowest BCUT2D eigenvalue weighted by atomic mass is 9.90. The first-order valence-corrected chi connectivity index (χ1v) is 5.26. The summed E-state index contributed by atoms with van der Waals surface area (Å²) in [5.41, 5.74) is 5.21. The van der Waals surface area contributed by atoms with Gasteiger partial charge in [0.25, 0.3) is 0 Å². The van der Waals surface area contributed by atoms with Gasteiger partial charge in [-0.1, -0.05) is 19.8 Å². The molecule has 0 unspecified atom stereocenters. The van der Waals surface area contributed by atoms with Crippen LogP contribution in [0.4, 0.5) is 0 Å². The lowest BCUT2D eigenvalue weighted by Crippen LogP contribution is -2.46. The van der Waals surface area contributed by atoms with Crippen LogP contribution in [0.25, 0.3) is 0 Å². The molecule has 0 radical (unpaired) electrons. The van der Waals surface area contributed by atoms with Crippen molar-refractivity contribution < 1.29 is 4.79 Å². The average molecular weight is 184 g/mol. The number of nitrogens with two attached hydrogens (primary N) is 1. The predicted octanol–water partition coefficient (Wildman–Crippen LogP) is 1.03. The van der Waals surface area contributed by atoms with E-state index in [1.165, 1.54) is 19.3 Å². The van der Waals surface area contributed by atoms with Gasteiger partial charge in [-0.05, 0) is 31.7 Å². The van der Waals surface area contributed by atoms with Gasteiger partial charge < -0.3 is 11.1 Å². The van der Waals surface area contributed by atoms with E-state index < -0.39 is 0 Å². The van der Waals surface area contributed by atoms with Crippen LogP contribution >= 0.6 is 0 Å². The Morgan fingerprint density at radius 3 is 2.77 bits per heavy atom. The minimum atomic E-state index is -0.200. The molecule has 13 heavy (non-hydrogen) atoms. The van der Waals surface area contributed by atoms with Crippen molar-refractivity contribution in [2.75, 3.05) is 6.54 Å². The predicted molar refractivity (Wildman–Crippen MR) is 53.2 cm³/mol. The van der Waals surface area contributed by atoms with Gasteiger partial charge in [0.1, 0.15) is 0 Å². The third kappa shape index (κ3) is 3.35. The van der Waals surface area contributed by atoms with Crippen LogP contribution in [-0.2, 0) is 4.79 Å². The smallest absolute Gasteiger partial charge is 0.234 e. The highest BCUT2D eigenvalue weighted by molar-refractivity contribution is 5.79. The quantitative estimate of drug-likeness (QED) is 0.685. The Kier molecular flexibility index (Phi) is 4.22. The third-order valence-corrected chi connectivity index (χ3v) is 2.83. The Balaban J connectivity index is 2.18. The Morgan fingerprint density at radius 1 is 1.54 bits per heavy atom. The molecule has 0 aliphatic carbocycles. The van der Waals surface area contributed by atoms with Crippen LogP contribution in [0.2, 0.25) is 0 Å². The lowest BCUT2D eigenvalue weighted by molar-refractivity contribution is -0.120. The van der Waals surface area contributed by atoms with Crippen molar-refractivity contribution in [3.8, 4) is 0 Å². The van der Waals surface area contributed by atoms with E-state index in [4.69, 9.17) is 5.73 Å². The van der Waals surface area contributed by atoms with Crippen LogP contribution in [-0.4, -0.2) is 18.5 Å². The van der Waals surface area contributed by atoms with Crippen LogP contribution in [0.1, 0.15) is 39.0 Å². The first-order chi connectivity index (χ1) is 6.24. The molecule has 0 aromatic rings. The summed E-state index contributed by atoms with van der Waals surface area (Å²) in [5, 5.41) is 3.20. The Hall–Kier alpha value is -0.570. The maximum absolute atomic E-state index is 10.8. The number of carbonyl (C=O) groups excluding carboxylic acids is 1. The minimum Gasteiger partial charge on any atom is -0.368 e. The van der Waals surface area contributed by atoms with Gasteiger partial charge in [-0.15, -0.1) is 0 Å². The molecule has 0 aromatic carbocycles. The SMILES string of the molecule is CCCC[C@H]1CC[C@@H](C(N)=O)NC1. The van der Waals surface area contributed by atoms with Crippen LogP contribution in [0.3, 0.4) is 0 Å². The summed E-state index contributed by atoms with van der Waals surface area (Å²) in [5.74, 6) is 0.560. The Bertz CT molecular complexity index is 162. The largest absolute Gasteiger partial charge is 0.368 e. The molecule has 1 fully saturated rings. The zero-order chi connectivity index (χ0) is 9.68. The fourth-order valence-electron chi connectivity index (χ4n) is 1.90. The van der Waals surface area contributed by atoms with E-state index in [0.717, 1.165) is 25.3 Å². The molecule has 1 saturated heterocycles. The summed E-state index contributed by atoms with van der Waals surface area (Å²) in [6.07, 6.45) is 5.92. The van der Waals surface area contributed by atoms with Crippen molar-refractivity contribution in [1.29, 1.82) is 0 Å². The number of unbranched alkanes of at least 4 members (excludes halogenated alkanes) is 1. The summed E-state index contributed by atoms with van der Waals surface area (Å²) in [6.45, 7) is 3.18. The van der Waals surface area contributed by atoms with E-state index in [2.05, 4.69) is 12.2 Å². The monoisotopic (exact) mass is 184 g/mol. The number of primary amides is 1. The highest BCUT2D eigenvalue weighted by Gasteiger charge is 2.23. The summed E-state index contributed by atoms with van der Waals surface area (Å²) >= 11 is 0. The molecule has 0 spiro atoms. The number of amides is 1. The molecule has 1 amide bonds. The molecule has 3 nitrogen and oxygen atoms in total. The first kappa shape index (κ1) is 10.5. The zero-order valence-electron chi connectivity index (χ0n) is 8.38. The van der Waals surface area contributed by atoms with E-state index >= 15 is 0 Å². The Morgan fingerprint density at radius 2 is 2.31 bits per heavy atom. The second-order valence-corrected chi connectivity index (χ2v) is 3.95. The summed E-state index contributed by atoms with van der Waals surface area (Å²) in [6, 6.07) is -0.0714. The molecule has 2 atom stereocenters. The van der Waals surface area contributed by atoms with Crippen molar-refractivity contribution in [2.45, 2.75) is 45.1 Å². The fraction of sp³-hybridized carbons (Fsp3) is 0.900. The maximum Gasteiger partial charge on any atom is 0.234 e. The molecule has 1 aliphatic rings.